The van der Waals surface area contributed by atoms with E-state index in [0.29, 0.717) is 11.6 Å². The minimum Gasteiger partial charge on any atom is -0.375 e. The third kappa shape index (κ3) is 4.82. The molecule has 21 heavy (non-hydrogen) atoms. The van der Waals surface area contributed by atoms with Gasteiger partial charge in [-0.1, -0.05) is 48.0 Å². The zero-order chi connectivity index (χ0) is 15.1. The number of ether oxygens (including phenoxy) is 1. The molecule has 0 spiro atoms. The number of sulfonamides is 1. The maximum atomic E-state index is 11.9. The fraction of sp³-hybridized carbons (Fsp3) is 0.200. The minimum atomic E-state index is -3.47. The lowest BCUT2D eigenvalue weighted by molar-refractivity contribution is 0.126. The molecule has 4 nitrogen and oxygen atoms in total. The van der Waals surface area contributed by atoms with Crippen LogP contribution in [0, 0.1) is 0 Å². The van der Waals surface area contributed by atoms with E-state index in [9.17, 15) is 8.42 Å². The third-order valence-electron chi connectivity index (χ3n) is 2.81. The zero-order valence-electron chi connectivity index (χ0n) is 11.3. The molecule has 0 fully saturated rings. The smallest absolute Gasteiger partial charge is 0.240 e. The molecule has 0 aliphatic rings. The Morgan fingerprint density at radius 1 is 1.00 bits per heavy atom. The average Bonchev–Trinajstić information content (AvgIpc) is 2.49. The Morgan fingerprint density at radius 2 is 1.67 bits per heavy atom. The molecule has 2 rings (SSSR count). The normalized spacial score (nSPS) is 11.5. The molecule has 0 aliphatic carbocycles. The van der Waals surface area contributed by atoms with Crippen LogP contribution in [-0.2, 0) is 21.4 Å². The van der Waals surface area contributed by atoms with Crippen LogP contribution in [0.5, 0.6) is 0 Å². The first kappa shape index (κ1) is 16.0. The van der Waals surface area contributed by atoms with Crippen molar-refractivity contribution in [1.82, 2.24) is 4.72 Å². The van der Waals surface area contributed by atoms with Crippen molar-refractivity contribution in [2.45, 2.75) is 11.5 Å². The lowest BCUT2D eigenvalue weighted by Gasteiger charge is -2.08. The number of benzene rings is 2. The number of rotatable bonds is 7. The average molecular weight is 326 g/mol. The summed E-state index contributed by atoms with van der Waals surface area (Å²) in [6.45, 7) is 0.839. The first-order valence-electron chi connectivity index (χ1n) is 6.45. The third-order valence-corrected chi connectivity index (χ3v) is 4.65. The van der Waals surface area contributed by atoms with Crippen molar-refractivity contribution >= 4 is 21.6 Å². The van der Waals surface area contributed by atoms with Crippen LogP contribution >= 0.6 is 11.6 Å². The summed E-state index contributed by atoms with van der Waals surface area (Å²) in [5, 5.41) is 0.641. The van der Waals surface area contributed by atoms with Crippen molar-refractivity contribution < 1.29 is 13.2 Å². The van der Waals surface area contributed by atoms with E-state index in [4.69, 9.17) is 16.3 Å². The molecule has 0 unspecified atom stereocenters. The van der Waals surface area contributed by atoms with Crippen molar-refractivity contribution in [1.29, 1.82) is 0 Å². The molecule has 112 valence electrons. The van der Waals surface area contributed by atoms with Gasteiger partial charge in [-0.3, -0.25) is 0 Å². The quantitative estimate of drug-likeness (QED) is 0.796. The minimum absolute atomic E-state index is 0.210. The summed E-state index contributed by atoms with van der Waals surface area (Å²) in [5.41, 5.74) is 0.880. The first-order chi connectivity index (χ1) is 10.1. The van der Waals surface area contributed by atoms with Crippen LogP contribution in [0.15, 0.2) is 59.5 Å². The van der Waals surface area contributed by atoms with Gasteiger partial charge in [-0.2, -0.15) is 0 Å². The van der Waals surface area contributed by atoms with Crippen molar-refractivity contribution in [3.8, 4) is 0 Å². The number of hydrogen-bond acceptors (Lipinski definition) is 3. The maximum absolute atomic E-state index is 11.9. The number of hydrogen-bond donors (Lipinski definition) is 1. The van der Waals surface area contributed by atoms with Gasteiger partial charge in [0, 0.05) is 11.6 Å². The second-order valence-electron chi connectivity index (χ2n) is 4.35. The van der Waals surface area contributed by atoms with Crippen LogP contribution in [0.2, 0.25) is 5.02 Å². The van der Waals surface area contributed by atoms with Gasteiger partial charge < -0.3 is 4.74 Å². The topological polar surface area (TPSA) is 55.4 Å². The zero-order valence-corrected chi connectivity index (χ0v) is 12.9. The van der Waals surface area contributed by atoms with Crippen LogP contribution in [0.4, 0.5) is 0 Å². The van der Waals surface area contributed by atoms with E-state index >= 15 is 0 Å². The Morgan fingerprint density at radius 3 is 2.38 bits per heavy atom. The second-order valence-corrected chi connectivity index (χ2v) is 6.53. The molecule has 1 N–H and O–H groups in total. The molecule has 0 radical (unpaired) electrons. The molecule has 2 aromatic carbocycles. The van der Waals surface area contributed by atoms with Gasteiger partial charge in [-0.25, -0.2) is 13.1 Å². The van der Waals surface area contributed by atoms with Crippen molar-refractivity contribution in [2.24, 2.45) is 0 Å². The van der Waals surface area contributed by atoms with Crippen LogP contribution in [0.1, 0.15) is 5.56 Å². The van der Waals surface area contributed by atoms with E-state index in [2.05, 4.69) is 4.72 Å². The Labute approximate surface area is 129 Å². The molecular weight excluding hydrogens is 310 g/mol. The van der Waals surface area contributed by atoms with E-state index in [1.807, 2.05) is 18.2 Å². The highest BCUT2D eigenvalue weighted by molar-refractivity contribution is 7.89. The van der Waals surface area contributed by atoms with Crippen LogP contribution < -0.4 is 4.72 Å². The summed E-state index contributed by atoms with van der Waals surface area (Å²) in [6, 6.07) is 15.6. The Bertz CT molecular complexity index is 674. The van der Waals surface area contributed by atoms with E-state index in [-0.39, 0.29) is 18.0 Å². The van der Waals surface area contributed by atoms with Crippen molar-refractivity contribution in [2.75, 3.05) is 13.2 Å². The highest BCUT2D eigenvalue weighted by Crippen LogP contribution is 2.15. The SMILES string of the molecule is O=S(=O)(NCCOCc1ccccc1Cl)c1ccccc1. The lowest BCUT2D eigenvalue weighted by Crippen LogP contribution is -2.27. The Kier molecular flexibility index (Phi) is 5.76. The summed E-state index contributed by atoms with van der Waals surface area (Å²) >= 11 is 6.00. The van der Waals surface area contributed by atoms with Gasteiger partial charge in [0.05, 0.1) is 18.1 Å². The predicted octanol–water partition coefficient (Wildman–Crippen LogP) is 2.84. The predicted molar refractivity (Wildman–Crippen MR) is 82.7 cm³/mol. The summed E-state index contributed by atoms with van der Waals surface area (Å²) in [6.07, 6.45) is 0. The van der Waals surface area contributed by atoms with E-state index in [1.54, 1.807) is 36.4 Å². The molecule has 0 aromatic heterocycles. The molecule has 0 saturated heterocycles. The fourth-order valence-electron chi connectivity index (χ4n) is 1.73. The molecule has 2 aromatic rings. The maximum Gasteiger partial charge on any atom is 0.240 e. The summed E-state index contributed by atoms with van der Waals surface area (Å²) in [5.74, 6) is 0. The molecule has 0 saturated carbocycles. The number of halogens is 1. The van der Waals surface area contributed by atoms with Crippen LogP contribution in [-0.4, -0.2) is 21.6 Å². The monoisotopic (exact) mass is 325 g/mol. The van der Waals surface area contributed by atoms with E-state index < -0.39 is 10.0 Å². The molecule has 6 heteroatoms. The summed E-state index contributed by atoms with van der Waals surface area (Å²) < 4.78 is 31.8. The van der Waals surface area contributed by atoms with Gasteiger partial charge in [0.2, 0.25) is 10.0 Å². The highest BCUT2D eigenvalue weighted by Gasteiger charge is 2.11. The van der Waals surface area contributed by atoms with Gasteiger partial charge >= 0.3 is 0 Å². The first-order valence-corrected chi connectivity index (χ1v) is 8.31. The molecule has 0 bridgehead atoms. The Balaban J connectivity index is 1.77. The highest BCUT2D eigenvalue weighted by atomic mass is 35.5. The molecule has 0 atom stereocenters. The van der Waals surface area contributed by atoms with Gasteiger partial charge in [-0.05, 0) is 23.8 Å². The van der Waals surface area contributed by atoms with Crippen LogP contribution in [0.25, 0.3) is 0 Å². The number of nitrogens with one attached hydrogen (secondary N) is 1. The molecule has 0 aliphatic heterocycles. The second kappa shape index (κ2) is 7.56. The fourth-order valence-corrected chi connectivity index (χ4v) is 2.95. The molecular formula is C15H16ClNO3S. The summed E-state index contributed by atoms with van der Waals surface area (Å²) in [7, 11) is -3.47. The molecule has 0 heterocycles. The van der Waals surface area contributed by atoms with Crippen LogP contribution in [0.3, 0.4) is 0 Å². The van der Waals surface area contributed by atoms with E-state index in [1.165, 1.54) is 0 Å². The van der Waals surface area contributed by atoms with Crippen molar-refractivity contribution in [3.63, 3.8) is 0 Å². The van der Waals surface area contributed by atoms with Gasteiger partial charge in [-0.15, -0.1) is 0 Å². The molecule has 0 amide bonds. The van der Waals surface area contributed by atoms with Gasteiger partial charge in [0.15, 0.2) is 0 Å². The van der Waals surface area contributed by atoms with Gasteiger partial charge in [0.1, 0.15) is 0 Å². The summed E-state index contributed by atoms with van der Waals surface area (Å²) in [4.78, 5) is 0.246. The van der Waals surface area contributed by atoms with Gasteiger partial charge in [0.25, 0.3) is 0 Å². The van der Waals surface area contributed by atoms with Crippen molar-refractivity contribution in [3.05, 3.63) is 65.2 Å². The standard InChI is InChI=1S/C15H16ClNO3S/c16-15-9-5-4-6-13(15)12-20-11-10-17-21(18,19)14-7-2-1-3-8-14/h1-9,17H,10-12H2. The van der Waals surface area contributed by atoms with E-state index in [0.717, 1.165) is 5.56 Å². The Hall–Kier alpha value is -1.40. The lowest BCUT2D eigenvalue weighted by atomic mass is 10.2. The largest absolute Gasteiger partial charge is 0.375 e.